The first-order valence-corrected chi connectivity index (χ1v) is 6.70. The first kappa shape index (κ1) is 14.9. The molecule has 0 aliphatic rings. The molecular formula is C13H30N2. The van der Waals surface area contributed by atoms with Crippen LogP contribution in [-0.4, -0.2) is 37.1 Å². The normalized spacial score (nSPS) is 13.4. The zero-order valence-corrected chi connectivity index (χ0v) is 11.2. The van der Waals surface area contributed by atoms with E-state index < -0.39 is 0 Å². The Hall–Kier alpha value is -0.0800. The molecule has 0 fully saturated rings. The van der Waals surface area contributed by atoms with Crippen molar-refractivity contribution in [2.75, 3.05) is 26.2 Å². The predicted octanol–water partition coefficient (Wildman–Crippen LogP) is 2.89. The first-order chi connectivity index (χ1) is 7.24. The van der Waals surface area contributed by atoms with E-state index in [9.17, 15) is 0 Å². The summed E-state index contributed by atoms with van der Waals surface area (Å²) in [5.74, 6) is 0. The Morgan fingerprint density at radius 1 is 1.07 bits per heavy atom. The highest BCUT2D eigenvalue weighted by atomic mass is 15.1. The van der Waals surface area contributed by atoms with Crippen molar-refractivity contribution >= 4 is 0 Å². The highest BCUT2D eigenvalue weighted by Gasteiger charge is 2.01. The van der Waals surface area contributed by atoms with Crippen LogP contribution < -0.4 is 5.32 Å². The lowest BCUT2D eigenvalue weighted by atomic mass is 10.1. The van der Waals surface area contributed by atoms with Crippen LogP contribution in [0.25, 0.3) is 0 Å². The largest absolute Gasteiger partial charge is 0.314 e. The van der Waals surface area contributed by atoms with Crippen molar-refractivity contribution in [3.8, 4) is 0 Å². The van der Waals surface area contributed by atoms with Crippen LogP contribution in [0.4, 0.5) is 0 Å². The van der Waals surface area contributed by atoms with Gasteiger partial charge in [0.15, 0.2) is 0 Å². The maximum absolute atomic E-state index is 3.53. The van der Waals surface area contributed by atoms with Gasteiger partial charge in [-0.15, -0.1) is 0 Å². The van der Waals surface area contributed by atoms with Gasteiger partial charge in [-0.1, -0.05) is 27.2 Å². The second-order valence-corrected chi connectivity index (χ2v) is 4.38. The Bertz CT molecular complexity index is 122. The molecule has 1 unspecified atom stereocenters. The molecule has 1 atom stereocenters. The van der Waals surface area contributed by atoms with Gasteiger partial charge in [0.2, 0.25) is 0 Å². The summed E-state index contributed by atoms with van der Waals surface area (Å²) < 4.78 is 0. The highest BCUT2D eigenvalue weighted by Crippen LogP contribution is 2.02. The molecule has 2 nitrogen and oxygen atoms in total. The van der Waals surface area contributed by atoms with Crippen molar-refractivity contribution in [1.29, 1.82) is 0 Å². The number of hydrogen-bond acceptors (Lipinski definition) is 2. The van der Waals surface area contributed by atoms with E-state index in [1.807, 2.05) is 0 Å². The average molecular weight is 214 g/mol. The van der Waals surface area contributed by atoms with Crippen LogP contribution >= 0.6 is 0 Å². The zero-order valence-electron chi connectivity index (χ0n) is 11.2. The number of hydrogen-bond donors (Lipinski definition) is 1. The predicted molar refractivity (Wildman–Crippen MR) is 69.4 cm³/mol. The molecule has 0 aromatic rings. The van der Waals surface area contributed by atoms with Crippen molar-refractivity contribution in [2.45, 2.75) is 59.4 Å². The minimum absolute atomic E-state index is 0.696. The lowest BCUT2D eigenvalue weighted by molar-refractivity contribution is 0.293. The van der Waals surface area contributed by atoms with E-state index in [0.29, 0.717) is 6.04 Å². The van der Waals surface area contributed by atoms with Gasteiger partial charge in [0.25, 0.3) is 0 Å². The first-order valence-electron chi connectivity index (χ1n) is 6.70. The van der Waals surface area contributed by atoms with Crippen LogP contribution in [0.1, 0.15) is 53.4 Å². The quantitative estimate of drug-likeness (QED) is 0.563. The number of nitrogens with one attached hydrogen (secondary N) is 1. The van der Waals surface area contributed by atoms with E-state index in [1.165, 1.54) is 45.3 Å². The molecule has 1 N–H and O–H groups in total. The highest BCUT2D eigenvalue weighted by molar-refractivity contribution is 4.61. The summed E-state index contributed by atoms with van der Waals surface area (Å²) in [6, 6.07) is 0.696. The molecule has 2 heteroatoms. The van der Waals surface area contributed by atoms with Crippen LogP contribution in [0, 0.1) is 0 Å². The van der Waals surface area contributed by atoms with Crippen LogP contribution in [0.2, 0.25) is 0 Å². The van der Waals surface area contributed by atoms with Crippen molar-refractivity contribution in [3.63, 3.8) is 0 Å². The summed E-state index contributed by atoms with van der Waals surface area (Å²) in [4.78, 5) is 2.50. The van der Waals surface area contributed by atoms with E-state index in [-0.39, 0.29) is 0 Å². The lowest BCUT2D eigenvalue weighted by Crippen LogP contribution is -2.27. The van der Waals surface area contributed by atoms with Crippen LogP contribution in [0.15, 0.2) is 0 Å². The average Bonchev–Trinajstić information content (AvgIpc) is 2.26. The van der Waals surface area contributed by atoms with Gasteiger partial charge in [0.05, 0.1) is 0 Å². The molecule has 0 spiro atoms. The third-order valence-corrected chi connectivity index (χ3v) is 3.00. The van der Waals surface area contributed by atoms with Gasteiger partial charge in [0, 0.05) is 6.04 Å². The summed E-state index contributed by atoms with van der Waals surface area (Å²) in [6.45, 7) is 13.8. The maximum Gasteiger partial charge on any atom is 0.00387 e. The smallest absolute Gasteiger partial charge is 0.00387 e. The van der Waals surface area contributed by atoms with Crippen LogP contribution in [0.5, 0.6) is 0 Å². The second-order valence-electron chi connectivity index (χ2n) is 4.38. The monoisotopic (exact) mass is 214 g/mol. The molecule has 0 amide bonds. The van der Waals surface area contributed by atoms with Crippen LogP contribution in [0.3, 0.4) is 0 Å². The number of nitrogens with zero attached hydrogens (tertiary/aromatic N) is 1. The van der Waals surface area contributed by atoms with E-state index in [1.54, 1.807) is 0 Å². The minimum Gasteiger partial charge on any atom is -0.314 e. The third kappa shape index (κ3) is 8.88. The summed E-state index contributed by atoms with van der Waals surface area (Å²) in [7, 11) is 0. The molecule has 92 valence electrons. The molecule has 0 rings (SSSR count). The molecule has 15 heavy (non-hydrogen) atoms. The molecule has 0 bridgehead atoms. The second kappa shape index (κ2) is 10.4. The Morgan fingerprint density at radius 3 is 2.27 bits per heavy atom. The van der Waals surface area contributed by atoms with Gasteiger partial charge in [-0.2, -0.15) is 0 Å². The summed E-state index contributed by atoms with van der Waals surface area (Å²) in [5, 5.41) is 3.53. The summed E-state index contributed by atoms with van der Waals surface area (Å²) in [6.07, 6.45) is 5.26. The lowest BCUT2D eigenvalue weighted by Gasteiger charge is -2.18. The molecule has 0 aromatic carbocycles. The zero-order chi connectivity index (χ0) is 11.5. The molecule has 0 saturated heterocycles. The van der Waals surface area contributed by atoms with Crippen LogP contribution in [-0.2, 0) is 0 Å². The van der Waals surface area contributed by atoms with Crippen molar-refractivity contribution in [2.24, 2.45) is 0 Å². The van der Waals surface area contributed by atoms with E-state index in [4.69, 9.17) is 0 Å². The number of rotatable bonds is 10. The molecule has 0 saturated carbocycles. The molecular weight excluding hydrogens is 184 g/mol. The van der Waals surface area contributed by atoms with Gasteiger partial charge < -0.3 is 10.2 Å². The molecule has 0 radical (unpaired) electrons. The van der Waals surface area contributed by atoms with Gasteiger partial charge in [-0.25, -0.2) is 0 Å². The molecule has 0 heterocycles. The topological polar surface area (TPSA) is 15.3 Å². The Morgan fingerprint density at radius 2 is 1.73 bits per heavy atom. The standard InChI is InChI=1S/C13H30N2/c1-5-11-14-13(4)10-8-9-12-15(6-2)7-3/h13-14H,5-12H2,1-4H3. The summed E-state index contributed by atoms with van der Waals surface area (Å²) >= 11 is 0. The van der Waals surface area contributed by atoms with E-state index in [0.717, 1.165) is 6.54 Å². The molecule has 0 aliphatic heterocycles. The maximum atomic E-state index is 3.53. The van der Waals surface area contributed by atoms with E-state index in [2.05, 4.69) is 37.9 Å². The minimum atomic E-state index is 0.696. The number of unbranched alkanes of at least 4 members (excludes halogenated alkanes) is 1. The fraction of sp³-hybridized carbons (Fsp3) is 1.00. The van der Waals surface area contributed by atoms with Gasteiger partial charge in [0.1, 0.15) is 0 Å². The van der Waals surface area contributed by atoms with Gasteiger partial charge in [-0.05, 0) is 52.4 Å². The third-order valence-electron chi connectivity index (χ3n) is 3.00. The van der Waals surface area contributed by atoms with E-state index >= 15 is 0 Å². The Balaban J connectivity index is 3.29. The summed E-state index contributed by atoms with van der Waals surface area (Å²) in [5.41, 5.74) is 0. The van der Waals surface area contributed by atoms with Crippen molar-refractivity contribution in [1.82, 2.24) is 10.2 Å². The fourth-order valence-corrected chi connectivity index (χ4v) is 1.82. The molecule has 0 aromatic heterocycles. The molecule has 0 aliphatic carbocycles. The van der Waals surface area contributed by atoms with Gasteiger partial charge >= 0.3 is 0 Å². The Labute approximate surface area is 96.4 Å². The fourth-order valence-electron chi connectivity index (χ4n) is 1.82. The SMILES string of the molecule is CCCNC(C)CCCCN(CC)CC. The van der Waals surface area contributed by atoms with Crippen molar-refractivity contribution < 1.29 is 0 Å². The van der Waals surface area contributed by atoms with Crippen molar-refractivity contribution in [3.05, 3.63) is 0 Å². The Kier molecular flexibility index (Phi) is 10.4. The van der Waals surface area contributed by atoms with Gasteiger partial charge in [-0.3, -0.25) is 0 Å².